The molecule has 1 fully saturated rings. The van der Waals surface area contributed by atoms with Crippen molar-refractivity contribution in [3.63, 3.8) is 0 Å². The van der Waals surface area contributed by atoms with Gasteiger partial charge in [0, 0.05) is 34.3 Å². The van der Waals surface area contributed by atoms with Gasteiger partial charge >= 0.3 is 0 Å². The van der Waals surface area contributed by atoms with Gasteiger partial charge in [0.1, 0.15) is 17.5 Å². The number of rotatable bonds is 6. The molecule has 4 aromatic rings. The molecule has 2 atom stereocenters. The van der Waals surface area contributed by atoms with E-state index < -0.39 is 0 Å². The van der Waals surface area contributed by atoms with Gasteiger partial charge in [0.15, 0.2) is 5.11 Å². The third kappa shape index (κ3) is 4.03. The van der Waals surface area contributed by atoms with Gasteiger partial charge in [-0.25, -0.2) is 0 Å². The van der Waals surface area contributed by atoms with E-state index in [9.17, 15) is 0 Å². The molecule has 6 nitrogen and oxygen atoms in total. The molecule has 1 aliphatic heterocycles. The molecule has 3 heterocycles. The minimum atomic E-state index is -0.197. The summed E-state index contributed by atoms with van der Waals surface area (Å²) in [4.78, 5) is 6.75. The maximum atomic E-state index is 5.89. The molecule has 0 bridgehead atoms. The van der Waals surface area contributed by atoms with Gasteiger partial charge in [-0.2, -0.15) is 0 Å². The van der Waals surface area contributed by atoms with Crippen molar-refractivity contribution in [1.82, 2.24) is 14.9 Å². The van der Waals surface area contributed by atoms with Crippen LogP contribution in [-0.4, -0.2) is 28.9 Å². The minimum Gasteiger partial charge on any atom is -0.497 e. The first-order valence-electron chi connectivity index (χ1n) is 10.8. The Bertz CT molecular complexity index is 1330. The average Bonchev–Trinajstić information content (AvgIpc) is 3.48. The second-order valence-corrected chi connectivity index (χ2v) is 9.12. The first kappa shape index (κ1) is 22.4. The Labute approximate surface area is 212 Å². The molecule has 5 rings (SSSR count). The number of methoxy groups -OCH3 is 2. The standard InChI is InChI=1S/C26H23BrN4O2S/c1-32-19-11-12-23(33-2)22(16-19)31-25(24(29-26(31)34)20-9-3-4-13-28-20)21-10-6-14-30(21)18-8-5-7-17(27)15-18/h3-16,24-25H,1-2H3,(H,29,34)/t24-,25+/m1/s1. The lowest BCUT2D eigenvalue weighted by molar-refractivity contribution is 0.402. The Hall–Kier alpha value is -3.36. The summed E-state index contributed by atoms with van der Waals surface area (Å²) in [5.74, 6) is 1.43. The van der Waals surface area contributed by atoms with E-state index in [1.54, 1.807) is 20.4 Å². The van der Waals surface area contributed by atoms with E-state index in [2.05, 4.69) is 60.1 Å². The first-order valence-corrected chi connectivity index (χ1v) is 12.0. The average molecular weight is 535 g/mol. The van der Waals surface area contributed by atoms with Crippen LogP contribution < -0.4 is 19.7 Å². The largest absolute Gasteiger partial charge is 0.497 e. The van der Waals surface area contributed by atoms with E-state index in [1.165, 1.54) is 0 Å². The SMILES string of the molecule is COc1ccc(OC)c(N2C(=S)N[C@H](c3ccccn3)[C@@H]2c2cccn2-c2cccc(Br)c2)c1. The number of hydrogen-bond donors (Lipinski definition) is 1. The molecule has 0 radical (unpaired) electrons. The highest BCUT2D eigenvalue weighted by Gasteiger charge is 2.43. The monoisotopic (exact) mass is 534 g/mol. The number of anilines is 1. The molecule has 0 amide bonds. The van der Waals surface area contributed by atoms with E-state index in [4.69, 9.17) is 21.7 Å². The van der Waals surface area contributed by atoms with Crippen molar-refractivity contribution in [3.05, 3.63) is 101 Å². The lowest BCUT2D eigenvalue weighted by atomic mass is 10.0. The van der Waals surface area contributed by atoms with E-state index in [1.807, 2.05) is 54.6 Å². The second-order valence-electron chi connectivity index (χ2n) is 7.82. The van der Waals surface area contributed by atoms with Crippen LogP contribution in [0.5, 0.6) is 11.5 Å². The molecule has 0 saturated carbocycles. The Morgan fingerprint density at radius 3 is 2.59 bits per heavy atom. The Morgan fingerprint density at radius 1 is 0.971 bits per heavy atom. The Morgan fingerprint density at radius 2 is 1.85 bits per heavy atom. The quantitative estimate of drug-likeness (QED) is 0.314. The second kappa shape index (κ2) is 9.48. The van der Waals surface area contributed by atoms with Crippen LogP contribution in [0.25, 0.3) is 5.69 Å². The summed E-state index contributed by atoms with van der Waals surface area (Å²) in [6.45, 7) is 0. The predicted octanol–water partition coefficient (Wildman–Crippen LogP) is 5.83. The fourth-order valence-electron chi connectivity index (χ4n) is 4.40. The molecule has 8 heteroatoms. The summed E-state index contributed by atoms with van der Waals surface area (Å²) in [6, 6.07) is 23.7. The molecule has 1 aliphatic rings. The molecule has 1 N–H and O–H groups in total. The molecular formula is C26H23BrN4O2S. The molecule has 2 aromatic heterocycles. The molecular weight excluding hydrogens is 512 g/mol. The summed E-state index contributed by atoms with van der Waals surface area (Å²) in [5, 5.41) is 4.10. The van der Waals surface area contributed by atoms with Crippen molar-refractivity contribution in [1.29, 1.82) is 0 Å². The van der Waals surface area contributed by atoms with E-state index >= 15 is 0 Å². The lowest BCUT2D eigenvalue weighted by Crippen LogP contribution is -2.30. The number of benzene rings is 2. The normalized spacial score (nSPS) is 17.5. The van der Waals surface area contributed by atoms with Gasteiger partial charge in [-0.1, -0.05) is 28.1 Å². The van der Waals surface area contributed by atoms with Gasteiger partial charge in [-0.3, -0.25) is 4.98 Å². The van der Waals surface area contributed by atoms with Crippen LogP contribution in [0, 0.1) is 0 Å². The number of pyridine rings is 1. The van der Waals surface area contributed by atoms with Crippen LogP contribution in [-0.2, 0) is 0 Å². The van der Waals surface area contributed by atoms with E-state index in [0.717, 1.165) is 33.0 Å². The smallest absolute Gasteiger partial charge is 0.174 e. The van der Waals surface area contributed by atoms with Crippen molar-refractivity contribution in [2.75, 3.05) is 19.1 Å². The van der Waals surface area contributed by atoms with Gasteiger partial charge in [0.2, 0.25) is 0 Å². The van der Waals surface area contributed by atoms with Crippen LogP contribution in [0.3, 0.4) is 0 Å². The summed E-state index contributed by atoms with van der Waals surface area (Å²) in [6.07, 6.45) is 3.87. The minimum absolute atomic E-state index is 0.176. The van der Waals surface area contributed by atoms with Crippen molar-refractivity contribution in [2.24, 2.45) is 0 Å². The van der Waals surface area contributed by atoms with Crippen LogP contribution in [0.2, 0.25) is 0 Å². The number of ether oxygens (including phenoxy) is 2. The van der Waals surface area contributed by atoms with Crippen LogP contribution in [0.4, 0.5) is 5.69 Å². The first-order chi connectivity index (χ1) is 16.6. The maximum absolute atomic E-state index is 5.89. The zero-order chi connectivity index (χ0) is 23.7. The zero-order valence-electron chi connectivity index (χ0n) is 18.7. The Kier molecular flexibility index (Phi) is 6.26. The zero-order valence-corrected chi connectivity index (χ0v) is 21.1. The van der Waals surface area contributed by atoms with Gasteiger partial charge in [-0.15, -0.1) is 0 Å². The molecule has 172 valence electrons. The van der Waals surface area contributed by atoms with Crippen LogP contribution >= 0.6 is 28.1 Å². The lowest BCUT2D eigenvalue weighted by Gasteiger charge is -2.30. The Balaban J connectivity index is 1.71. The van der Waals surface area contributed by atoms with Crippen molar-refractivity contribution >= 4 is 38.9 Å². The van der Waals surface area contributed by atoms with Crippen molar-refractivity contribution in [2.45, 2.75) is 12.1 Å². The topological polar surface area (TPSA) is 51.6 Å². The van der Waals surface area contributed by atoms with Gasteiger partial charge < -0.3 is 24.3 Å². The van der Waals surface area contributed by atoms with Crippen molar-refractivity contribution < 1.29 is 9.47 Å². The van der Waals surface area contributed by atoms with Crippen molar-refractivity contribution in [3.8, 4) is 17.2 Å². The molecule has 0 aliphatic carbocycles. The fourth-order valence-corrected chi connectivity index (χ4v) is 5.12. The predicted molar refractivity (Wildman–Crippen MR) is 141 cm³/mol. The third-order valence-electron chi connectivity index (χ3n) is 5.91. The molecule has 2 aromatic carbocycles. The highest BCUT2D eigenvalue weighted by Crippen LogP contribution is 2.46. The number of nitrogens with one attached hydrogen (secondary N) is 1. The summed E-state index contributed by atoms with van der Waals surface area (Å²) < 4.78 is 14.4. The highest BCUT2D eigenvalue weighted by molar-refractivity contribution is 9.10. The van der Waals surface area contributed by atoms with Gasteiger partial charge in [0.25, 0.3) is 0 Å². The molecule has 0 unspecified atom stereocenters. The number of halogens is 1. The third-order valence-corrected chi connectivity index (χ3v) is 6.72. The molecule has 0 spiro atoms. The van der Waals surface area contributed by atoms with Crippen LogP contribution in [0.1, 0.15) is 23.5 Å². The summed E-state index contributed by atoms with van der Waals surface area (Å²) >= 11 is 9.49. The maximum Gasteiger partial charge on any atom is 0.174 e. The number of aromatic nitrogens is 2. The molecule has 34 heavy (non-hydrogen) atoms. The number of thiocarbonyl (C=S) groups is 1. The number of nitrogens with zero attached hydrogens (tertiary/aromatic N) is 3. The molecule has 1 saturated heterocycles. The summed E-state index contributed by atoms with van der Waals surface area (Å²) in [5.41, 5.74) is 3.83. The fraction of sp³-hybridized carbons (Fsp3) is 0.154. The number of hydrogen-bond acceptors (Lipinski definition) is 4. The van der Waals surface area contributed by atoms with E-state index in [0.29, 0.717) is 10.9 Å². The summed E-state index contributed by atoms with van der Waals surface area (Å²) in [7, 11) is 3.31. The van der Waals surface area contributed by atoms with Crippen LogP contribution in [0.15, 0.2) is 89.7 Å². The highest BCUT2D eigenvalue weighted by atomic mass is 79.9. The van der Waals surface area contributed by atoms with E-state index in [-0.39, 0.29) is 12.1 Å². The van der Waals surface area contributed by atoms with Gasteiger partial charge in [0.05, 0.1) is 31.6 Å². The van der Waals surface area contributed by atoms with Gasteiger partial charge in [-0.05, 0) is 66.8 Å².